The number of anilines is 2. The van der Waals surface area contributed by atoms with Crippen LogP contribution in [0.3, 0.4) is 0 Å². The van der Waals surface area contributed by atoms with Crippen LogP contribution >= 0.6 is 11.6 Å². The maximum absolute atomic E-state index is 13.0. The van der Waals surface area contributed by atoms with Gasteiger partial charge in [0.15, 0.2) is 0 Å². The molecule has 1 N–H and O–H groups in total. The minimum Gasteiger partial charge on any atom is -0.497 e. The van der Waals surface area contributed by atoms with Crippen molar-refractivity contribution >= 4 is 39.8 Å². The van der Waals surface area contributed by atoms with Crippen LogP contribution in [0.5, 0.6) is 5.75 Å². The number of hydrogen-bond acceptors (Lipinski definition) is 4. The lowest BCUT2D eigenvalue weighted by atomic mass is 10.1. The molecular weight excluding hydrogens is 374 g/mol. The van der Waals surface area contributed by atoms with E-state index in [4.69, 9.17) is 16.3 Å². The SMILES string of the molecule is COc1ccc2nc(C(=O)N3CCCCC3)cc(Nc3ccc(Cl)cc3)c2c1. The second kappa shape index (κ2) is 8.07. The quantitative estimate of drug-likeness (QED) is 0.654. The van der Waals surface area contributed by atoms with E-state index in [1.54, 1.807) is 7.11 Å². The second-order valence-electron chi connectivity index (χ2n) is 6.92. The first-order chi connectivity index (χ1) is 13.6. The van der Waals surface area contributed by atoms with Crippen LogP contribution in [0, 0.1) is 0 Å². The molecule has 1 fully saturated rings. The summed E-state index contributed by atoms with van der Waals surface area (Å²) < 4.78 is 5.37. The number of amides is 1. The maximum atomic E-state index is 13.0. The number of fused-ring (bicyclic) bond motifs is 1. The van der Waals surface area contributed by atoms with Crippen LogP contribution in [0.4, 0.5) is 11.4 Å². The molecule has 2 aromatic carbocycles. The fourth-order valence-electron chi connectivity index (χ4n) is 3.49. The Balaban J connectivity index is 1.76. The van der Waals surface area contributed by atoms with Gasteiger partial charge >= 0.3 is 0 Å². The number of pyridine rings is 1. The third kappa shape index (κ3) is 3.90. The molecule has 0 radical (unpaired) electrons. The number of methoxy groups -OCH3 is 1. The number of benzene rings is 2. The molecule has 28 heavy (non-hydrogen) atoms. The van der Waals surface area contributed by atoms with Gasteiger partial charge in [-0.2, -0.15) is 0 Å². The van der Waals surface area contributed by atoms with Crippen molar-refractivity contribution in [2.24, 2.45) is 0 Å². The van der Waals surface area contributed by atoms with E-state index in [2.05, 4.69) is 10.3 Å². The topological polar surface area (TPSA) is 54.5 Å². The molecule has 3 aromatic rings. The van der Waals surface area contributed by atoms with Gasteiger partial charge in [-0.05, 0) is 67.8 Å². The monoisotopic (exact) mass is 395 g/mol. The van der Waals surface area contributed by atoms with Crippen LogP contribution < -0.4 is 10.1 Å². The standard InChI is InChI=1S/C22H22ClN3O2/c1-28-17-9-10-19-18(13-17)20(24-16-7-5-15(23)6-8-16)14-21(25-19)22(27)26-11-3-2-4-12-26/h5-10,13-14H,2-4,11-12H2,1H3,(H,24,25). The Hall–Kier alpha value is -2.79. The summed E-state index contributed by atoms with van der Waals surface area (Å²) in [6, 6.07) is 15.0. The van der Waals surface area contributed by atoms with E-state index in [9.17, 15) is 4.79 Å². The number of carbonyl (C=O) groups is 1. The predicted octanol–water partition coefficient (Wildman–Crippen LogP) is 5.27. The first kappa shape index (κ1) is 18.6. The van der Waals surface area contributed by atoms with Crippen molar-refractivity contribution < 1.29 is 9.53 Å². The molecule has 0 unspecified atom stereocenters. The summed E-state index contributed by atoms with van der Waals surface area (Å²) in [5.41, 5.74) is 2.90. The van der Waals surface area contributed by atoms with Gasteiger partial charge in [0.25, 0.3) is 5.91 Å². The van der Waals surface area contributed by atoms with Gasteiger partial charge in [0.05, 0.1) is 18.3 Å². The minimum absolute atomic E-state index is 0.0171. The van der Waals surface area contributed by atoms with Crippen molar-refractivity contribution in [1.82, 2.24) is 9.88 Å². The van der Waals surface area contributed by atoms with Gasteiger partial charge in [-0.15, -0.1) is 0 Å². The van der Waals surface area contributed by atoms with Gasteiger partial charge < -0.3 is 15.0 Å². The Morgan fingerprint density at radius 3 is 2.54 bits per heavy atom. The third-order valence-corrected chi connectivity index (χ3v) is 5.25. The summed E-state index contributed by atoms with van der Waals surface area (Å²) in [7, 11) is 1.63. The zero-order valence-corrected chi connectivity index (χ0v) is 16.5. The Kier molecular flexibility index (Phi) is 5.35. The van der Waals surface area contributed by atoms with Crippen LogP contribution in [0.15, 0.2) is 48.5 Å². The molecule has 1 aliphatic rings. The molecule has 144 valence electrons. The highest BCUT2D eigenvalue weighted by Gasteiger charge is 2.21. The van der Waals surface area contributed by atoms with Gasteiger partial charge in [-0.3, -0.25) is 4.79 Å². The summed E-state index contributed by atoms with van der Waals surface area (Å²) in [6.07, 6.45) is 3.27. The number of carbonyl (C=O) groups excluding carboxylic acids is 1. The molecule has 5 nitrogen and oxygen atoms in total. The lowest BCUT2D eigenvalue weighted by Crippen LogP contribution is -2.36. The Bertz CT molecular complexity index is 999. The number of aromatic nitrogens is 1. The van der Waals surface area contributed by atoms with E-state index >= 15 is 0 Å². The molecule has 0 spiro atoms. The molecular formula is C22H22ClN3O2. The number of nitrogens with zero attached hydrogens (tertiary/aromatic N) is 2. The second-order valence-corrected chi connectivity index (χ2v) is 7.36. The van der Waals surface area contributed by atoms with Gasteiger partial charge in [-0.25, -0.2) is 4.98 Å². The summed E-state index contributed by atoms with van der Waals surface area (Å²) in [5, 5.41) is 4.97. The number of likely N-dealkylation sites (tertiary alicyclic amines) is 1. The van der Waals surface area contributed by atoms with Crippen LogP contribution in [-0.4, -0.2) is 36.0 Å². The first-order valence-electron chi connectivity index (χ1n) is 9.45. The van der Waals surface area contributed by atoms with Crippen LogP contribution in [0.2, 0.25) is 5.02 Å². The average Bonchev–Trinajstić information content (AvgIpc) is 2.75. The van der Waals surface area contributed by atoms with Crippen molar-refractivity contribution in [1.29, 1.82) is 0 Å². The zero-order valence-electron chi connectivity index (χ0n) is 15.7. The summed E-state index contributed by atoms with van der Waals surface area (Å²) in [6.45, 7) is 1.59. The van der Waals surface area contributed by atoms with Crippen LogP contribution in [0.25, 0.3) is 10.9 Å². The molecule has 0 bridgehead atoms. The third-order valence-electron chi connectivity index (χ3n) is 5.00. The fraction of sp³-hybridized carbons (Fsp3) is 0.273. The number of rotatable bonds is 4. The van der Waals surface area contributed by atoms with E-state index in [1.165, 1.54) is 6.42 Å². The van der Waals surface area contributed by atoms with E-state index in [0.29, 0.717) is 10.7 Å². The lowest BCUT2D eigenvalue weighted by Gasteiger charge is -2.26. The van der Waals surface area contributed by atoms with Gasteiger partial charge in [0, 0.05) is 29.2 Å². The number of ether oxygens (including phenoxy) is 1. The van der Waals surface area contributed by atoms with E-state index in [-0.39, 0.29) is 5.91 Å². The maximum Gasteiger partial charge on any atom is 0.272 e. The number of halogens is 1. The molecule has 1 amide bonds. The van der Waals surface area contributed by atoms with E-state index in [0.717, 1.165) is 54.0 Å². The summed E-state index contributed by atoms with van der Waals surface area (Å²) >= 11 is 6.00. The van der Waals surface area contributed by atoms with Crippen LogP contribution in [-0.2, 0) is 0 Å². The molecule has 0 aliphatic carbocycles. The Morgan fingerprint density at radius 1 is 1.07 bits per heavy atom. The van der Waals surface area contributed by atoms with Gasteiger partial charge in [-0.1, -0.05) is 11.6 Å². The molecule has 1 aliphatic heterocycles. The number of hydrogen-bond donors (Lipinski definition) is 1. The number of piperidine rings is 1. The zero-order chi connectivity index (χ0) is 19.5. The van der Waals surface area contributed by atoms with Crippen molar-refractivity contribution in [2.45, 2.75) is 19.3 Å². The average molecular weight is 396 g/mol. The summed E-state index contributed by atoms with van der Waals surface area (Å²) in [5.74, 6) is 0.722. The molecule has 6 heteroatoms. The molecule has 0 saturated carbocycles. The van der Waals surface area contributed by atoms with Crippen molar-refractivity contribution in [3.8, 4) is 5.75 Å². The lowest BCUT2D eigenvalue weighted by molar-refractivity contribution is 0.0719. The summed E-state index contributed by atoms with van der Waals surface area (Å²) in [4.78, 5) is 19.5. The first-order valence-corrected chi connectivity index (χ1v) is 9.82. The normalized spacial score (nSPS) is 14.1. The molecule has 0 atom stereocenters. The molecule has 1 aromatic heterocycles. The molecule has 1 saturated heterocycles. The van der Waals surface area contributed by atoms with Gasteiger partial charge in [0.1, 0.15) is 11.4 Å². The molecule has 4 rings (SSSR count). The highest BCUT2D eigenvalue weighted by Crippen LogP contribution is 2.30. The van der Waals surface area contributed by atoms with Crippen molar-refractivity contribution in [3.05, 3.63) is 59.2 Å². The molecule has 2 heterocycles. The van der Waals surface area contributed by atoms with Crippen molar-refractivity contribution in [3.63, 3.8) is 0 Å². The Labute approximate surface area is 169 Å². The van der Waals surface area contributed by atoms with E-state index < -0.39 is 0 Å². The highest BCUT2D eigenvalue weighted by atomic mass is 35.5. The minimum atomic E-state index is -0.0171. The Morgan fingerprint density at radius 2 is 1.82 bits per heavy atom. The predicted molar refractivity (Wildman–Crippen MR) is 113 cm³/mol. The van der Waals surface area contributed by atoms with Gasteiger partial charge in [0.2, 0.25) is 0 Å². The fourth-order valence-corrected chi connectivity index (χ4v) is 3.62. The van der Waals surface area contributed by atoms with Crippen molar-refractivity contribution in [2.75, 3.05) is 25.5 Å². The smallest absolute Gasteiger partial charge is 0.272 e. The van der Waals surface area contributed by atoms with E-state index in [1.807, 2.05) is 53.4 Å². The largest absolute Gasteiger partial charge is 0.497 e. The number of nitrogens with one attached hydrogen (secondary N) is 1. The highest BCUT2D eigenvalue weighted by molar-refractivity contribution is 6.30. The van der Waals surface area contributed by atoms with Crippen LogP contribution in [0.1, 0.15) is 29.8 Å².